The molecule has 4 rings (SSSR count). The van der Waals surface area contributed by atoms with Crippen molar-refractivity contribution in [2.45, 2.75) is 76.9 Å². The van der Waals surface area contributed by atoms with Crippen LogP contribution in [0.3, 0.4) is 0 Å². The van der Waals surface area contributed by atoms with E-state index in [2.05, 4.69) is 17.0 Å². The number of hydrogen-bond donors (Lipinski definition) is 2. The highest BCUT2D eigenvalue weighted by atomic mass is 19.1. The first kappa shape index (κ1) is 30.3. The Bertz CT molecular complexity index is 1270. The summed E-state index contributed by atoms with van der Waals surface area (Å²) >= 11 is 0. The number of aromatic carboxylic acids is 1. The van der Waals surface area contributed by atoms with E-state index in [-0.39, 0.29) is 17.8 Å². The summed E-state index contributed by atoms with van der Waals surface area (Å²) in [6.07, 6.45) is 8.45. The smallest absolute Gasteiger partial charge is 0.335 e. The van der Waals surface area contributed by atoms with Crippen LogP contribution < -0.4 is 4.74 Å². The minimum atomic E-state index is -0.969. The van der Waals surface area contributed by atoms with E-state index in [0.29, 0.717) is 45.0 Å². The summed E-state index contributed by atoms with van der Waals surface area (Å²) in [6.45, 7) is 2.25. The molecule has 1 aliphatic carbocycles. The molecule has 0 amide bonds. The summed E-state index contributed by atoms with van der Waals surface area (Å²) in [7, 11) is 0. The van der Waals surface area contributed by atoms with Gasteiger partial charge in [-0.15, -0.1) is 0 Å². The monoisotopic (exact) mass is 561 g/mol. The second kappa shape index (κ2) is 15.3. The molecule has 0 bridgehead atoms. The quantitative estimate of drug-likeness (QED) is 0.187. The highest BCUT2D eigenvalue weighted by molar-refractivity contribution is 5.87. The Hall–Kier alpha value is -3.71. The number of ether oxygens (including phenoxy) is 1. The molecule has 3 aromatic carbocycles. The molecule has 218 valence electrons. The van der Waals surface area contributed by atoms with Crippen molar-refractivity contribution in [2.24, 2.45) is 0 Å². The van der Waals surface area contributed by atoms with Gasteiger partial charge in [-0.05, 0) is 103 Å². The van der Waals surface area contributed by atoms with Crippen molar-refractivity contribution in [1.82, 2.24) is 4.90 Å². The van der Waals surface area contributed by atoms with Crippen LogP contribution in [-0.2, 0) is 24.4 Å². The predicted molar refractivity (Wildman–Crippen MR) is 157 cm³/mol. The van der Waals surface area contributed by atoms with E-state index < -0.39 is 11.9 Å². The fraction of sp³-hybridized carbons (Fsp3) is 0.412. The lowest BCUT2D eigenvalue weighted by atomic mass is 9.84. The van der Waals surface area contributed by atoms with E-state index in [9.17, 15) is 19.1 Å². The van der Waals surface area contributed by atoms with Crippen molar-refractivity contribution in [3.8, 4) is 5.75 Å². The van der Waals surface area contributed by atoms with Gasteiger partial charge in [-0.3, -0.25) is 9.69 Å². The van der Waals surface area contributed by atoms with Gasteiger partial charge in [-0.1, -0.05) is 49.6 Å². The molecular weight excluding hydrogens is 521 g/mol. The Morgan fingerprint density at radius 1 is 0.854 bits per heavy atom. The molecule has 2 N–H and O–H groups in total. The number of carboxylic acids is 2. The Morgan fingerprint density at radius 3 is 2.27 bits per heavy atom. The van der Waals surface area contributed by atoms with Crippen molar-refractivity contribution in [2.75, 3.05) is 13.1 Å². The van der Waals surface area contributed by atoms with Crippen molar-refractivity contribution in [1.29, 1.82) is 0 Å². The first-order chi connectivity index (χ1) is 19.9. The third-order valence-corrected chi connectivity index (χ3v) is 7.94. The van der Waals surface area contributed by atoms with Crippen LogP contribution in [0.5, 0.6) is 5.75 Å². The van der Waals surface area contributed by atoms with Crippen LogP contribution in [0, 0.1) is 5.82 Å². The van der Waals surface area contributed by atoms with Gasteiger partial charge in [0, 0.05) is 19.5 Å². The first-order valence-corrected chi connectivity index (χ1v) is 14.6. The molecule has 1 fully saturated rings. The topological polar surface area (TPSA) is 87.1 Å². The Morgan fingerprint density at radius 2 is 1.59 bits per heavy atom. The van der Waals surface area contributed by atoms with Gasteiger partial charge in [-0.25, -0.2) is 9.18 Å². The SMILES string of the molecule is O=C(O)CCCCN(CCc1cc(F)ccc1COc1ccc(C2CCCCC2)cc1)Cc1ccc(C(=O)O)cc1. The first-order valence-electron chi connectivity index (χ1n) is 14.6. The van der Waals surface area contributed by atoms with Crippen molar-refractivity contribution < 1.29 is 28.9 Å². The van der Waals surface area contributed by atoms with Crippen molar-refractivity contribution >= 4 is 11.9 Å². The second-order valence-corrected chi connectivity index (χ2v) is 11.0. The molecule has 6 nitrogen and oxygen atoms in total. The molecule has 0 heterocycles. The maximum atomic E-state index is 14.3. The molecule has 7 heteroatoms. The van der Waals surface area contributed by atoms with E-state index in [4.69, 9.17) is 9.84 Å². The minimum Gasteiger partial charge on any atom is -0.489 e. The molecule has 0 aromatic heterocycles. The standard InChI is InChI=1S/C34H40FNO5/c35-31-16-13-30(24-41-32-17-14-27(15-18-32)26-6-2-1-3-7-26)29(22-31)19-21-36(20-5-4-8-33(37)38)23-25-9-11-28(12-10-25)34(39)40/h9-18,22,26H,1-8,19-21,23-24H2,(H,37,38)(H,39,40). The zero-order chi connectivity index (χ0) is 29.0. The third-order valence-electron chi connectivity index (χ3n) is 7.94. The number of rotatable bonds is 15. The Balaban J connectivity index is 1.38. The Labute approximate surface area is 241 Å². The number of aliphatic carboxylic acids is 1. The highest BCUT2D eigenvalue weighted by Crippen LogP contribution is 2.33. The molecule has 0 radical (unpaired) electrons. The molecular formula is C34H40FNO5. The van der Waals surface area contributed by atoms with E-state index >= 15 is 0 Å². The fourth-order valence-corrected chi connectivity index (χ4v) is 5.57. The lowest BCUT2D eigenvalue weighted by Crippen LogP contribution is -2.27. The van der Waals surface area contributed by atoms with Gasteiger partial charge in [0.2, 0.25) is 0 Å². The molecule has 0 unspecified atom stereocenters. The normalized spacial score (nSPS) is 13.8. The maximum absolute atomic E-state index is 14.3. The summed E-state index contributed by atoms with van der Waals surface area (Å²) in [4.78, 5) is 24.4. The number of hydrogen-bond acceptors (Lipinski definition) is 4. The van der Waals surface area contributed by atoms with E-state index in [0.717, 1.165) is 28.9 Å². The summed E-state index contributed by atoms with van der Waals surface area (Å²) in [6, 6.07) is 20.0. The summed E-state index contributed by atoms with van der Waals surface area (Å²) < 4.78 is 20.4. The molecule has 3 aromatic rings. The van der Waals surface area contributed by atoms with E-state index in [1.54, 1.807) is 36.4 Å². The van der Waals surface area contributed by atoms with Gasteiger partial charge >= 0.3 is 11.9 Å². The lowest BCUT2D eigenvalue weighted by Gasteiger charge is -2.23. The zero-order valence-electron chi connectivity index (χ0n) is 23.6. The molecule has 1 aliphatic rings. The van der Waals surface area contributed by atoms with Crippen molar-refractivity contribution in [3.63, 3.8) is 0 Å². The molecule has 1 saturated carbocycles. The van der Waals surface area contributed by atoms with Crippen LogP contribution >= 0.6 is 0 Å². The zero-order valence-corrected chi connectivity index (χ0v) is 23.6. The van der Waals surface area contributed by atoms with Crippen LogP contribution in [0.15, 0.2) is 66.7 Å². The average molecular weight is 562 g/mol. The number of carboxylic acid groups (broad SMARTS) is 2. The summed E-state index contributed by atoms with van der Waals surface area (Å²) in [5.74, 6) is -0.636. The van der Waals surface area contributed by atoms with E-state index in [1.807, 2.05) is 12.1 Å². The van der Waals surface area contributed by atoms with Gasteiger partial charge in [0.15, 0.2) is 0 Å². The van der Waals surface area contributed by atoms with Gasteiger partial charge in [0.05, 0.1) is 5.56 Å². The van der Waals surface area contributed by atoms with Crippen LogP contribution in [0.25, 0.3) is 0 Å². The number of unbranched alkanes of at least 4 members (excludes halogenated alkanes) is 1. The number of halogens is 1. The molecule has 0 spiro atoms. The van der Waals surface area contributed by atoms with Crippen LogP contribution in [-0.4, -0.2) is 40.1 Å². The minimum absolute atomic E-state index is 0.119. The second-order valence-electron chi connectivity index (χ2n) is 11.0. The summed E-state index contributed by atoms with van der Waals surface area (Å²) in [5, 5.41) is 18.2. The van der Waals surface area contributed by atoms with Crippen LogP contribution in [0.1, 0.15) is 89.9 Å². The largest absolute Gasteiger partial charge is 0.489 e. The lowest BCUT2D eigenvalue weighted by molar-refractivity contribution is -0.137. The molecule has 0 saturated heterocycles. The Kier molecular flexibility index (Phi) is 11.3. The molecule has 41 heavy (non-hydrogen) atoms. The van der Waals surface area contributed by atoms with Gasteiger partial charge in [-0.2, -0.15) is 0 Å². The molecule has 0 aliphatic heterocycles. The van der Waals surface area contributed by atoms with Gasteiger partial charge < -0.3 is 14.9 Å². The number of nitrogens with zero attached hydrogens (tertiary/aromatic N) is 1. The van der Waals surface area contributed by atoms with Crippen LogP contribution in [0.2, 0.25) is 0 Å². The van der Waals surface area contributed by atoms with Gasteiger partial charge in [0.1, 0.15) is 18.2 Å². The highest BCUT2D eigenvalue weighted by Gasteiger charge is 2.16. The van der Waals surface area contributed by atoms with Crippen LogP contribution in [0.4, 0.5) is 4.39 Å². The summed E-state index contributed by atoms with van der Waals surface area (Å²) in [5.41, 5.74) is 4.38. The number of carbonyl (C=O) groups is 2. The van der Waals surface area contributed by atoms with E-state index in [1.165, 1.54) is 43.7 Å². The third kappa shape index (κ3) is 9.71. The average Bonchev–Trinajstić information content (AvgIpc) is 2.98. The maximum Gasteiger partial charge on any atom is 0.335 e. The fourth-order valence-electron chi connectivity index (χ4n) is 5.57. The predicted octanol–water partition coefficient (Wildman–Crippen LogP) is 7.45. The van der Waals surface area contributed by atoms with Crippen molar-refractivity contribution in [3.05, 3.63) is 100 Å². The number of benzene rings is 3. The van der Waals surface area contributed by atoms with Gasteiger partial charge in [0.25, 0.3) is 0 Å². The molecule has 0 atom stereocenters.